The van der Waals surface area contributed by atoms with Crippen molar-refractivity contribution in [2.24, 2.45) is 0 Å². The van der Waals surface area contributed by atoms with E-state index >= 15 is 0 Å². The van der Waals surface area contributed by atoms with Crippen molar-refractivity contribution in [1.29, 1.82) is 0 Å². The van der Waals surface area contributed by atoms with Crippen molar-refractivity contribution in [3.05, 3.63) is 42.5 Å². The van der Waals surface area contributed by atoms with Gasteiger partial charge in [-0.3, -0.25) is 0 Å². The number of allylic oxidation sites excluding steroid dienone is 1. The molecular weight excluding hydrogens is 186 g/mol. The van der Waals surface area contributed by atoms with Crippen molar-refractivity contribution in [2.45, 2.75) is 18.9 Å². The minimum absolute atomic E-state index is 0.373. The van der Waals surface area contributed by atoms with Crippen LogP contribution >= 0.6 is 0 Å². The van der Waals surface area contributed by atoms with E-state index in [4.69, 9.17) is 4.74 Å². The molecular formula is C13H19NO. The third kappa shape index (κ3) is 3.40. The summed E-state index contributed by atoms with van der Waals surface area (Å²) in [6.45, 7) is 3.74. The summed E-state index contributed by atoms with van der Waals surface area (Å²) in [7, 11) is 3.67. The van der Waals surface area contributed by atoms with Crippen LogP contribution in [0.15, 0.2) is 36.9 Å². The topological polar surface area (TPSA) is 21.3 Å². The van der Waals surface area contributed by atoms with Crippen LogP contribution in [0.5, 0.6) is 5.75 Å². The molecule has 0 spiro atoms. The maximum Gasteiger partial charge on any atom is 0.119 e. The Balaban J connectivity index is 2.76. The third-order valence-electron chi connectivity index (χ3n) is 2.50. The van der Waals surface area contributed by atoms with Crippen LogP contribution in [0.2, 0.25) is 0 Å². The summed E-state index contributed by atoms with van der Waals surface area (Å²) in [6, 6.07) is 8.55. The average molecular weight is 205 g/mol. The molecule has 0 heterocycles. The van der Waals surface area contributed by atoms with Gasteiger partial charge in [-0.2, -0.15) is 0 Å². The molecule has 0 aliphatic carbocycles. The summed E-state index contributed by atoms with van der Waals surface area (Å²) in [6.07, 6.45) is 4.03. The van der Waals surface area contributed by atoms with Gasteiger partial charge in [0.2, 0.25) is 0 Å². The second-order valence-corrected chi connectivity index (χ2v) is 3.48. The molecule has 1 unspecified atom stereocenters. The zero-order valence-corrected chi connectivity index (χ0v) is 9.49. The number of hydrogen-bond donors (Lipinski definition) is 1. The molecule has 1 N–H and O–H groups in total. The number of nitrogens with one attached hydrogen (secondary N) is 1. The maximum absolute atomic E-state index is 5.21. The fourth-order valence-corrected chi connectivity index (χ4v) is 1.62. The Morgan fingerprint density at radius 1 is 1.53 bits per heavy atom. The second-order valence-electron chi connectivity index (χ2n) is 3.48. The molecule has 1 aromatic rings. The van der Waals surface area contributed by atoms with E-state index in [1.165, 1.54) is 5.56 Å². The van der Waals surface area contributed by atoms with Crippen LogP contribution in [0.4, 0.5) is 0 Å². The number of hydrogen-bond acceptors (Lipinski definition) is 2. The Morgan fingerprint density at radius 3 is 2.93 bits per heavy atom. The van der Waals surface area contributed by atoms with E-state index < -0.39 is 0 Å². The molecule has 0 aliphatic rings. The molecule has 2 heteroatoms. The quantitative estimate of drug-likeness (QED) is 0.721. The van der Waals surface area contributed by atoms with E-state index in [1.54, 1.807) is 7.11 Å². The molecule has 0 aromatic heterocycles. The highest BCUT2D eigenvalue weighted by atomic mass is 16.5. The Kier molecular flexibility index (Phi) is 4.91. The van der Waals surface area contributed by atoms with Crippen molar-refractivity contribution in [3.8, 4) is 5.75 Å². The van der Waals surface area contributed by atoms with E-state index in [0.29, 0.717) is 6.04 Å². The van der Waals surface area contributed by atoms with Gasteiger partial charge in [0.15, 0.2) is 0 Å². The van der Waals surface area contributed by atoms with E-state index in [0.717, 1.165) is 18.6 Å². The highest BCUT2D eigenvalue weighted by Gasteiger charge is 2.08. The summed E-state index contributed by atoms with van der Waals surface area (Å²) < 4.78 is 5.21. The molecule has 0 aliphatic heterocycles. The first-order valence-electron chi connectivity index (χ1n) is 5.24. The SMILES string of the molecule is C=CCCC(NC)c1cccc(OC)c1. The molecule has 1 aromatic carbocycles. The van der Waals surface area contributed by atoms with Crippen LogP contribution in [0, 0.1) is 0 Å². The highest BCUT2D eigenvalue weighted by Crippen LogP contribution is 2.22. The minimum atomic E-state index is 0.373. The molecule has 15 heavy (non-hydrogen) atoms. The standard InChI is InChI=1S/C13H19NO/c1-4-5-9-13(14-2)11-7-6-8-12(10-11)15-3/h4,6-8,10,13-14H,1,5,9H2,2-3H3. The number of methoxy groups -OCH3 is 1. The van der Waals surface area contributed by atoms with Gasteiger partial charge in [0, 0.05) is 6.04 Å². The summed E-state index contributed by atoms with van der Waals surface area (Å²) >= 11 is 0. The molecule has 82 valence electrons. The van der Waals surface area contributed by atoms with Gasteiger partial charge >= 0.3 is 0 Å². The van der Waals surface area contributed by atoms with Gasteiger partial charge < -0.3 is 10.1 Å². The van der Waals surface area contributed by atoms with Crippen LogP contribution in [0.25, 0.3) is 0 Å². The average Bonchev–Trinajstić information content (AvgIpc) is 2.30. The van der Waals surface area contributed by atoms with Gasteiger partial charge in [-0.15, -0.1) is 6.58 Å². The zero-order valence-electron chi connectivity index (χ0n) is 9.49. The van der Waals surface area contributed by atoms with Gasteiger partial charge in [0.1, 0.15) is 5.75 Å². The van der Waals surface area contributed by atoms with Crippen LogP contribution < -0.4 is 10.1 Å². The van der Waals surface area contributed by atoms with Crippen molar-refractivity contribution in [2.75, 3.05) is 14.2 Å². The van der Waals surface area contributed by atoms with E-state index in [9.17, 15) is 0 Å². The summed E-state index contributed by atoms with van der Waals surface area (Å²) in [5.74, 6) is 0.909. The lowest BCUT2D eigenvalue weighted by atomic mass is 10.0. The van der Waals surface area contributed by atoms with Crippen LogP contribution in [0.3, 0.4) is 0 Å². The first-order chi connectivity index (χ1) is 7.31. The van der Waals surface area contributed by atoms with Crippen LogP contribution in [0.1, 0.15) is 24.4 Å². The Labute approximate surface area is 92.0 Å². The van der Waals surface area contributed by atoms with E-state index in [2.05, 4.69) is 24.0 Å². The van der Waals surface area contributed by atoms with Crippen molar-refractivity contribution in [3.63, 3.8) is 0 Å². The normalized spacial score (nSPS) is 12.1. The van der Waals surface area contributed by atoms with Crippen LogP contribution in [-0.4, -0.2) is 14.2 Å². The number of benzene rings is 1. The lowest BCUT2D eigenvalue weighted by Gasteiger charge is -2.16. The van der Waals surface area contributed by atoms with Gasteiger partial charge in [-0.05, 0) is 37.6 Å². The Bertz CT molecular complexity index is 309. The molecule has 0 radical (unpaired) electrons. The molecule has 1 rings (SSSR count). The zero-order chi connectivity index (χ0) is 11.1. The fraction of sp³-hybridized carbons (Fsp3) is 0.385. The number of rotatable bonds is 6. The largest absolute Gasteiger partial charge is 0.497 e. The molecule has 0 fully saturated rings. The molecule has 0 saturated carbocycles. The minimum Gasteiger partial charge on any atom is -0.497 e. The summed E-state index contributed by atoms with van der Waals surface area (Å²) in [5, 5.41) is 3.30. The number of ether oxygens (including phenoxy) is 1. The molecule has 0 bridgehead atoms. The Morgan fingerprint density at radius 2 is 2.33 bits per heavy atom. The molecule has 0 saturated heterocycles. The van der Waals surface area contributed by atoms with Gasteiger partial charge in [0.05, 0.1) is 7.11 Å². The van der Waals surface area contributed by atoms with Gasteiger partial charge in [0.25, 0.3) is 0 Å². The predicted octanol–water partition coefficient (Wildman–Crippen LogP) is 2.92. The highest BCUT2D eigenvalue weighted by molar-refractivity contribution is 5.30. The second kappa shape index (κ2) is 6.25. The fourth-order valence-electron chi connectivity index (χ4n) is 1.62. The van der Waals surface area contributed by atoms with E-state index in [1.807, 2.05) is 25.3 Å². The predicted molar refractivity (Wildman–Crippen MR) is 64.2 cm³/mol. The van der Waals surface area contributed by atoms with E-state index in [-0.39, 0.29) is 0 Å². The lowest BCUT2D eigenvalue weighted by Crippen LogP contribution is -2.15. The summed E-state index contributed by atoms with van der Waals surface area (Å²) in [5.41, 5.74) is 1.26. The maximum atomic E-state index is 5.21. The van der Waals surface area contributed by atoms with Crippen molar-refractivity contribution in [1.82, 2.24) is 5.32 Å². The molecule has 1 atom stereocenters. The lowest BCUT2D eigenvalue weighted by molar-refractivity contribution is 0.413. The first kappa shape index (κ1) is 11.8. The smallest absolute Gasteiger partial charge is 0.119 e. The van der Waals surface area contributed by atoms with Gasteiger partial charge in [-0.1, -0.05) is 18.2 Å². The van der Waals surface area contributed by atoms with Crippen LogP contribution in [-0.2, 0) is 0 Å². The monoisotopic (exact) mass is 205 g/mol. The summed E-state index contributed by atoms with van der Waals surface area (Å²) in [4.78, 5) is 0. The third-order valence-corrected chi connectivity index (χ3v) is 2.50. The van der Waals surface area contributed by atoms with Crippen molar-refractivity contribution < 1.29 is 4.74 Å². The first-order valence-corrected chi connectivity index (χ1v) is 5.24. The van der Waals surface area contributed by atoms with Gasteiger partial charge in [-0.25, -0.2) is 0 Å². The molecule has 2 nitrogen and oxygen atoms in total. The van der Waals surface area contributed by atoms with Crippen molar-refractivity contribution >= 4 is 0 Å². The Hall–Kier alpha value is -1.28. The molecule has 0 amide bonds.